The first-order valence-corrected chi connectivity index (χ1v) is 10.6. The Morgan fingerprint density at radius 2 is 1.41 bits per heavy atom. The second-order valence-electron chi connectivity index (χ2n) is 6.10. The molecule has 0 radical (unpaired) electrons. The van der Waals surface area contributed by atoms with Gasteiger partial charge in [0.15, 0.2) is 5.78 Å². The fourth-order valence-electron chi connectivity index (χ4n) is 2.42. The van der Waals surface area contributed by atoms with Crippen molar-refractivity contribution in [1.29, 1.82) is 0 Å². The number of ether oxygens (including phenoxy) is 2. The summed E-state index contributed by atoms with van der Waals surface area (Å²) in [7, 11) is 0.270. The lowest BCUT2D eigenvalue weighted by Crippen LogP contribution is -2.45. The van der Waals surface area contributed by atoms with Crippen molar-refractivity contribution >= 4 is 25.8 Å². The number of esters is 2. The van der Waals surface area contributed by atoms with Gasteiger partial charge in [-0.25, -0.2) is 0 Å². The molecule has 0 aliphatic rings. The van der Waals surface area contributed by atoms with Crippen LogP contribution in [0.25, 0.3) is 0 Å². The Morgan fingerprint density at radius 3 is 1.82 bits per heavy atom. The van der Waals surface area contributed by atoms with Crippen LogP contribution in [-0.2, 0) is 19.1 Å². The summed E-state index contributed by atoms with van der Waals surface area (Å²) >= 11 is 0. The molecule has 120 valence electrons. The van der Waals surface area contributed by atoms with Gasteiger partial charge >= 0.3 is 11.9 Å². The van der Waals surface area contributed by atoms with Crippen LogP contribution in [0.5, 0.6) is 0 Å². The number of methoxy groups -OCH3 is 2. The Bertz CT molecular complexity index is 547. The third-order valence-corrected chi connectivity index (χ3v) is 5.95. The van der Waals surface area contributed by atoms with Crippen molar-refractivity contribution in [2.24, 2.45) is 5.92 Å². The van der Waals surface area contributed by atoms with Crippen molar-refractivity contribution < 1.29 is 23.9 Å². The lowest BCUT2D eigenvalue weighted by atomic mass is 9.94. The van der Waals surface area contributed by atoms with Crippen LogP contribution in [0.4, 0.5) is 0 Å². The maximum Gasteiger partial charge on any atom is 0.317 e. The highest BCUT2D eigenvalue weighted by Gasteiger charge is 2.48. The van der Waals surface area contributed by atoms with Gasteiger partial charge in [-0.1, -0.05) is 50.0 Å². The number of ketones is 1. The van der Waals surface area contributed by atoms with Gasteiger partial charge in [0.25, 0.3) is 0 Å². The molecule has 22 heavy (non-hydrogen) atoms. The van der Waals surface area contributed by atoms with E-state index >= 15 is 0 Å². The molecular formula is C16H22O5Si. The summed E-state index contributed by atoms with van der Waals surface area (Å²) < 4.78 is 9.62. The van der Waals surface area contributed by atoms with E-state index in [1.165, 1.54) is 14.2 Å². The van der Waals surface area contributed by atoms with Crippen LogP contribution in [0.3, 0.4) is 0 Å². The molecule has 0 aromatic heterocycles. The normalized spacial score (nSPS) is 13.9. The van der Waals surface area contributed by atoms with E-state index in [-0.39, 0.29) is 0 Å². The highest BCUT2D eigenvalue weighted by molar-refractivity contribution is 6.81. The van der Waals surface area contributed by atoms with Crippen molar-refractivity contribution in [2.45, 2.75) is 25.2 Å². The SMILES string of the molecule is COC(=O)C(C(=O)c1ccccc1)C(C(=O)OC)[Si](C)(C)C. The monoisotopic (exact) mass is 322 g/mol. The van der Waals surface area contributed by atoms with Gasteiger partial charge in [-0.05, 0) is 0 Å². The van der Waals surface area contributed by atoms with Gasteiger partial charge in [0, 0.05) is 5.56 Å². The van der Waals surface area contributed by atoms with Gasteiger partial charge in [0.2, 0.25) is 0 Å². The Labute approximate surface area is 131 Å². The number of benzene rings is 1. The Kier molecular flexibility index (Phi) is 6.05. The molecule has 6 heteroatoms. The third kappa shape index (κ3) is 4.04. The molecule has 0 fully saturated rings. The first-order chi connectivity index (χ1) is 10.2. The van der Waals surface area contributed by atoms with E-state index in [4.69, 9.17) is 9.47 Å². The molecule has 0 N–H and O–H groups in total. The molecular weight excluding hydrogens is 300 g/mol. The summed E-state index contributed by atoms with van der Waals surface area (Å²) in [5.74, 6) is -2.83. The van der Waals surface area contributed by atoms with E-state index in [2.05, 4.69) is 0 Å². The highest BCUT2D eigenvalue weighted by Crippen LogP contribution is 2.34. The molecule has 1 rings (SSSR count). The molecule has 0 saturated heterocycles. The molecule has 1 aromatic rings. The minimum Gasteiger partial charge on any atom is -0.469 e. The zero-order valence-corrected chi connectivity index (χ0v) is 14.6. The summed E-state index contributed by atoms with van der Waals surface area (Å²) in [6, 6.07) is 8.44. The fourth-order valence-corrected chi connectivity index (χ4v) is 4.53. The van der Waals surface area contributed by atoms with Crippen LogP contribution in [0.2, 0.25) is 25.2 Å². The van der Waals surface area contributed by atoms with E-state index in [0.29, 0.717) is 5.56 Å². The van der Waals surface area contributed by atoms with Gasteiger partial charge in [-0.15, -0.1) is 0 Å². The first-order valence-electron chi connectivity index (χ1n) is 6.99. The van der Waals surface area contributed by atoms with Crippen molar-refractivity contribution in [2.75, 3.05) is 14.2 Å². The number of hydrogen-bond donors (Lipinski definition) is 0. The lowest BCUT2D eigenvalue weighted by Gasteiger charge is -2.31. The molecule has 0 amide bonds. The lowest BCUT2D eigenvalue weighted by molar-refractivity contribution is -0.150. The van der Waals surface area contributed by atoms with Gasteiger partial charge in [0.1, 0.15) is 5.92 Å². The van der Waals surface area contributed by atoms with Crippen molar-refractivity contribution in [3.8, 4) is 0 Å². The Hall–Kier alpha value is -1.95. The predicted molar refractivity (Wildman–Crippen MR) is 85.4 cm³/mol. The maximum atomic E-state index is 12.8. The van der Waals surface area contributed by atoms with Gasteiger partial charge < -0.3 is 9.47 Å². The molecule has 0 heterocycles. The molecule has 0 bridgehead atoms. The average Bonchev–Trinajstić information content (AvgIpc) is 2.50. The van der Waals surface area contributed by atoms with E-state index in [9.17, 15) is 14.4 Å². The summed E-state index contributed by atoms with van der Waals surface area (Å²) in [5.41, 5.74) is -0.414. The number of carbonyl (C=O) groups is 3. The molecule has 1 aromatic carbocycles. The topological polar surface area (TPSA) is 69.7 Å². The maximum absolute atomic E-state index is 12.8. The Morgan fingerprint density at radius 1 is 0.909 bits per heavy atom. The number of carbonyl (C=O) groups excluding carboxylic acids is 3. The van der Waals surface area contributed by atoms with Gasteiger partial charge in [0.05, 0.1) is 27.8 Å². The smallest absolute Gasteiger partial charge is 0.317 e. The molecule has 0 aliphatic heterocycles. The molecule has 2 atom stereocenters. The van der Waals surface area contributed by atoms with Crippen LogP contribution in [0, 0.1) is 5.92 Å². The molecule has 0 saturated carbocycles. The van der Waals surface area contributed by atoms with Gasteiger partial charge in [-0.3, -0.25) is 14.4 Å². The number of hydrogen-bond acceptors (Lipinski definition) is 5. The highest BCUT2D eigenvalue weighted by atomic mass is 28.3. The van der Waals surface area contributed by atoms with Crippen LogP contribution in [0.15, 0.2) is 30.3 Å². The minimum atomic E-state index is -2.20. The van der Waals surface area contributed by atoms with E-state index in [0.717, 1.165) is 0 Å². The molecule has 0 spiro atoms. The van der Waals surface area contributed by atoms with E-state index in [1.54, 1.807) is 30.3 Å². The average molecular weight is 322 g/mol. The standard InChI is InChI=1S/C16H22O5Si/c1-20-15(18)12(13(17)11-9-7-6-8-10-11)14(16(19)21-2)22(3,4)5/h6-10,12,14H,1-5H3. The van der Waals surface area contributed by atoms with E-state index in [1.807, 2.05) is 19.6 Å². The summed E-state index contributed by atoms with van der Waals surface area (Å²) in [6.45, 7) is 5.76. The Balaban J connectivity index is 3.35. The summed E-state index contributed by atoms with van der Waals surface area (Å²) in [6.07, 6.45) is 0. The predicted octanol–water partition coefficient (Wildman–Crippen LogP) is 2.54. The third-order valence-electron chi connectivity index (χ3n) is 3.52. The summed E-state index contributed by atoms with van der Waals surface area (Å²) in [5, 5.41) is 0. The zero-order valence-electron chi connectivity index (χ0n) is 13.6. The second-order valence-corrected chi connectivity index (χ2v) is 11.5. The fraction of sp³-hybridized carbons (Fsp3) is 0.438. The van der Waals surface area contributed by atoms with E-state index < -0.39 is 37.3 Å². The van der Waals surface area contributed by atoms with Gasteiger partial charge in [-0.2, -0.15) is 0 Å². The number of rotatable bonds is 6. The largest absolute Gasteiger partial charge is 0.469 e. The molecule has 0 aliphatic carbocycles. The molecule has 2 unspecified atom stereocenters. The minimum absolute atomic E-state index is 0.380. The quantitative estimate of drug-likeness (QED) is 0.348. The summed E-state index contributed by atoms with van der Waals surface area (Å²) in [4.78, 5) is 37.2. The zero-order chi connectivity index (χ0) is 16.9. The van der Waals surface area contributed by atoms with Crippen LogP contribution < -0.4 is 0 Å². The first kappa shape index (κ1) is 18.1. The van der Waals surface area contributed by atoms with Crippen LogP contribution in [-0.4, -0.2) is 40.0 Å². The van der Waals surface area contributed by atoms with Crippen molar-refractivity contribution in [3.05, 3.63) is 35.9 Å². The van der Waals surface area contributed by atoms with Crippen molar-refractivity contribution in [3.63, 3.8) is 0 Å². The van der Waals surface area contributed by atoms with Crippen molar-refractivity contribution in [1.82, 2.24) is 0 Å². The molecule has 5 nitrogen and oxygen atoms in total. The number of Topliss-reactive ketones (excluding diaryl/α,β-unsaturated/α-hetero) is 1. The van der Waals surface area contributed by atoms with Crippen LogP contribution >= 0.6 is 0 Å². The second kappa shape index (κ2) is 7.35. The van der Waals surface area contributed by atoms with Crippen LogP contribution in [0.1, 0.15) is 10.4 Å².